The van der Waals surface area contributed by atoms with E-state index < -0.39 is 5.97 Å². The number of aliphatic imine (C=N–C) groups is 1. The minimum Gasteiger partial charge on any atom is -0.461 e. The summed E-state index contributed by atoms with van der Waals surface area (Å²) in [4.78, 5) is 19.8. The monoisotopic (exact) mass is 471 g/mol. The van der Waals surface area contributed by atoms with E-state index in [2.05, 4.69) is 37.5 Å². The lowest BCUT2D eigenvalue weighted by molar-refractivity contribution is -0.140. The van der Waals surface area contributed by atoms with E-state index >= 15 is 0 Å². The highest BCUT2D eigenvalue weighted by molar-refractivity contribution is 9.10. The van der Waals surface area contributed by atoms with Gasteiger partial charge in [0.25, 0.3) is 0 Å². The predicted octanol–water partition coefficient (Wildman–Crippen LogP) is 3.71. The number of ether oxygens (including phenoxy) is 1. The number of nitrogens with one attached hydrogen (secondary N) is 2. The minimum atomic E-state index is -0.575. The van der Waals surface area contributed by atoms with Gasteiger partial charge in [0.15, 0.2) is 11.4 Å². The molecule has 0 unspecified atom stereocenters. The van der Waals surface area contributed by atoms with Gasteiger partial charge in [-0.05, 0) is 37.0 Å². The Morgan fingerprint density at radius 1 is 1.27 bits per heavy atom. The molecule has 158 valence electrons. The third kappa shape index (κ3) is 4.68. The van der Waals surface area contributed by atoms with Gasteiger partial charge in [0.05, 0.1) is 18.0 Å². The molecular formula is C22H26BrN5O2. The van der Waals surface area contributed by atoms with Crippen LogP contribution in [0.1, 0.15) is 32.1 Å². The molecule has 1 aliphatic carbocycles. The van der Waals surface area contributed by atoms with E-state index in [0.717, 1.165) is 54.9 Å². The Kier molecular flexibility index (Phi) is 6.70. The van der Waals surface area contributed by atoms with Crippen LogP contribution in [0, 0.1) is 17.2 Å². The van der Waals surface area contributed by atoms with Crippen molar-refractivity contribution in [2.75, 3.05) is 38.1 Å². The Morgan fingerprint density at radius 3 is 2.77 bits per heavy atom. The average Bonchev–Trinajstić information content (AvgIpc) is 2.79. The summed E-state index contributed by atoms with van der Waals surface area (Å²) in [6, 6.07) is 7.80. The zero-order chi connectivity index (χ0) is 20.9. The normalized spacial score (nSPS) is 21.1. The van der Waals surface area contributed by atoms with E-state index in [1.165, 1.54) is 19.3 Å². The molecule has 3 aliphatic rings. The van der Waals surface area contributed by atoms with Crippen molar-refractivity contribution in [1.29, 1.82) is 5.26 Å². The number of nitrogens with zero attached hydrogens (tertiary/aromatic N) is 3. The van der Waals surface area contributed by atoms with Crippen LogP contribution in [-0.2, 0) is 9.53 Å². The fraction of sp³-hybridized carbons (Fsp3) is 0.500. The Balaban J connectivity index is 1.63. The highest BCUT2D eigenvalue weighted by Gasteiger charge is 2.30. The van der Waals surface area contributed by atoms with Crippen molar-refractivity contribution < 1.29 is 9.53 Å². The van der Waals surface area contributed by atoms with Crippen molar-refractivity contribution in [3.05, 3.63) is 33.9 Å². The summed E-state index contributed by atoms with van der Waals surface area (Å²) < 4.78 is 6.50. The molecular weight excluding hydrogens is 446 g/mol. The average molecular weight is 472 g/mol. The lowest BCUT2D eigenvalue weighted by Crippen LogP contribution is -2.48. The Bertz CT molecular complexity index is 909. The first kappa shape index (κ1) is 20.9. The maximum Gasteiger partial charge on any atom is 0.351 e. The van der Waals surface area contributed by atoms with Gasteiger partial charge in [0.1, 0.15) is 11.8 Å². The number of hydrogen-bond donors (Lipinski definition) is 2. The molecule has 30 heavy (non-hydrogen) atoms. The van der Waals surface area contributed by atoms with Crippen LogP contribution in [0.2, 0.25) is 0 Å². The SMILES string of the molecule is N#CC(C(=O)OCC1CCCCC1)=C1Nc2ccc(Br)cc2N=C1N1CCNCC1. The molecule has 0 aromatic heterocycles. The summed E-state index contributed by atoms with van der Waals surface area (Å²) in [5.74, 6) is 0.438. The Morgan fingerprint density at radius 2 is 2.03 bits per heavy atom. The largest absolute Gasteiger partial charge is 0.461 e. The number of carbonyl (C=O) groups is 1. The molecule has 1 aromatic carbocycles. The van der Waals surface area contributed by atoms with E-state index in [-0.39, 0.29) is 5.57 Å². The Labute approximate surface area is 185 Å². The number of esters is 1. The fourth-order valence-electron chi connectivity index (χ4n) is 4.17. The summed E-state index contributed by atoms with van der Waals surface area (Å²) >= 11 is 3.49. The molecule has 1 saturated heterocycles. The highest BCUT2D eigenvalue weighted by atomic mass is 79.9. The lowest BCUT2D eigenvalue weighted by Gasteiger charge is -2.34. The van der Waals surface area contributed by atoms with E-state index in [4.69, 9.17) is 9.73 Å². The first-order valence-electron chi connectivity index (χ1n) is 10.6. The van der Waals surface area contributed by atoms with Gasteiger partial charge in [-0.3, -0.25) is 0 Å². The molecule has 0 amide bonds. The lowest BCUT2D eigenvalue weighted by atomic mass is 9.90. The van der Waals surface area contributed by atoms with Crippen LogP contribution in [0.4, 0.5) is 11.4 Å². The molecule has 2 fully saturated rings. The van der Waals surface area contributed by atoms with Gasteiger partial charge in [-0.25, -0.2) is 9.79 Å². The van der Waals surface area contributed by atoms with Crippen molar-refractivity contribution in [2.45, 2.75) is 32.1 Å². The molecule has 8 heteroatoms. The molecule has 2 aliphatic heterocycles. The van der Waals surface area contributed by atoms with Crippen LogP contribution in [-0.4, -0.2) is 49.5 Å². The van der Waals surface area contributed by atoms with Crippen LogP contribution < -0.4 is 10.6 Å². The van der Waals surface area contributed by atoms with Crippen molar-refractivity contribution in [3.8, 4) is 6.07 Å². The molecule has 0 atom stereocenters. The fourth-order valence-corrected chi connectivity index (χ4v) is 4.52. The third-order valence-electron chi connectivity index (χ3n) is 5.83. The maximum atomic E-state index is 12.9. The first-order chi connectivity index (χ1) is 14.7. The van der Waals surface area contributed by atoms with E-state index in [1.807, 2.05) is 18.2 Å². The zero-order valence-electron chi connectivity index (χ0n) is 16.9. The van der Waals surface area contributed by atoms with Crippen LogP contribution in [0.3, 0.4) is 0 Å². The van der Waals surface area contributed by atoms with Gasteiger partial charge in [0.2, 0.25) is 0 Å². The number of piperazine rings is 1. The zero-order valence-corrected chi connectivity index (χ0v) is 18.5. The highest BCUT2D eigenvalue weighted by Crippen LogP contribution is 2.35. The topological polar surface area (TPSA) is 89.8 Å². The van der Waals surface area contributed by atoms with Crippen LogP contribution in [0.25, 0.3) is 0 Å². The molecule has 2 N–H and O–H groups in total. The predicted molar refractivity (Wildman–Crippen MR) is 119 cm³/mol. The van der Waals surface area contributed by atoms with E-state index in [1.54, 1.807) is 0 Å². The molecule has 1 saturated carbocycles. The number of fused-ring (bicyclic) bond motifs is 1. The molecule has 1 aromatic rings. The van der Waals surface area contributed by atoms with Crippen LogP contribution in [0.5, 0.6) is 0 Å². The van der Waals surface area contributed by atoms with E-state index in [9.17, 15) is 10.1 Å². The molecule has 0 bridgehead atoms. The molecule has 4 rings (SSSR count). The summed E-state index contributed by atoms with van der Waals surface area (Å²) in [7, 11) is 0. The van der Waals surface area contributed by atoms with Gasteiger partial charge >= 0.3 is 5.97 Å². The number of anilines is 1. The Hall–Kier alpha value is -2.37. The van der Waals surface area contributed by atoms with Crippen LogP contribution >= 0.6 is 15.9 Å². The van der Waals surface area contributed by atoms with E-state index in [0.29, 0.717) is 24.1 Å². The molecule has 7 nitrogen and oxygen atoms in total. The summed E-state index contributed by atoms with van der Waals surface area (Å²) in [5.41, 5.74) is 1.95. The second-order valence-corrected chi connectivity index (χ2v) is 8.84. The first-order valence-corrected chi connectivity index (χ1v) is 11.4. The second kappa shape index (κ2) is 9.63. The smallest absolute Gasteiger partial charge is 0.351 e. The molecule has 0 spiro atoms. The summed E-state index contributed by atoms with van der Waals surface area (Å²) in [6.45, 7) is 3.53. The number of hydrogen-bond acceptors (Lipinski definition) is 7. The third-order valence-corrected chi connectivity index (χ3v) is 6.32. The quantitative estimate of drug-likeness (QED) is 0.396. The number of carbonyl (C=O) groups excluding carboxylic acids is 1. The van der Waals surface area contributed by atoms with Gasteiger partial charge in [-0.2, -0.15) is 5.26 Å². The number of halogens is 1. The standard InChI is InChI=1S/C22H26BrN5O2/c23-16-6-7-18-19(12-16)27-21(28-10-8-25-9-11-28)20(26-18)17(13-24)22(29)30-14-15-4-2-1-3-5-15/h6-7,12,15,25-26H,1-5,8-11,14H2. The van der Waals surface area contributed by atoms with Crippen molar-refractivity contribution in [3.63, 3.8) is 0 Å². The van der Waals surface area contributed by atoms with Crippen molar-refractivity contribution >= 4 is 39.1 Å². The minimum absolute atomic E-state index is 0.0170. The van der Waals surface area contributed by atoms with Crippen molar-refractivity contribution in [1.82, 2.24) is 10.2 Å². The van der Waals surface area contributed by atoms with Gasteiger partial charge in [-0.15, -0.1) is 0 Å². The molecule has 0 radical (unpaired) electrons. The maximum absolute atomic E-state index is 12.9. The number of benzene rings is 1. The second-order valence-electron chi connectivity index (χ2n) is 7.92. The summed E-state index contributed by atoms with van der Waals surface area (Å²) in [5, 5.41) is 16.5. The summed E-state index contributed by atoms with van der Waals surface area (Å²) in [6.07, 6.45) is 5.78. The van der Waals surface area contributed by atoms with Gasteiger partial charge < -0.3 is 20.3 Å². The van der Waals surface area contributed by atoms with Crippen LogP contribution in [0.15, 0.2) is 38.9 Å². The molecule has 2 heterocycles. The van der Waals surface area contributed by atoms with Crippen molar-refractivity contribution in [2.24, 2.45) is 10.9 Å². The van der Waals surface area contributed by atoms with Gasteiger partial charge in [0, 0.05) is 30.7 Å². The number of nitriles is 1. The number of rotatable bonds is 3. The number of amidine groups is 1. The van der Waals surface area contributed by atoms with Gasteiger partial charge in [-0.1, -0.05) is 35.2 Å².